The number of aliphatic hydroxyl groups excluding tert-OH is 1. The maximum Gasteiger partial charge on any atom is 0.472 e. The summed E-state index contributed by atoms with van der Waals surface area (Å²) in [7, 11) is -9.88. The van der Waals surface area contributed by atoms with Gasteiger partial charge in [0.15, 0.2) is 12.2 Å². The highest BCUT2D eigenvalue weighted by molar-refractivity contribution is 7.47. The van der Waals surface area contributed by atoms with Crippen molar-refractivity contribution in [1.82, 2.24) is 0 Å². The molecule has 5 atom stereocenters. The second kappa shape index (κ2) is 59.0. The first-order valence-electron chi connectivity index (χ1n) is 33.8. The van der Waals surface area contributed by atoms with Gasteiger partial charge in [0.05, 0.1) is 26.4 Å². The van der Waals surface area contributed by atoms with Gasteiger partial charge in [0.2, 0.25) is 0 Å². The topological polar surface area (TPSA) is 237 Å². The molecule has 0 aromatic rings. The average Bonchev–Trinajstić information content (AvgIpc) is 3.50. The van der Waals surface area contributed by atoms with Gasteiger partial charge >= 0.3 is 39.5 Å². The van der Waals surface area contributed by atoms with Crippen LogP contribution in [0, 0.1) is 0 Å². The molecule has 0 heterocycles. The molecular weight excluding hydrogens is 1100 g/mol. The first-order valence-corrected chi connectivity index (χ1v) is 36.8. The Kier molecular flexibility index (Phi) is 57.7. The van der Waals surface area contributed by atoms with E-state index in [4.69, 9.17) is 37.0 Å². The molecule has 17 nitrogen and oxygen atoms in total. The summed E-state index contributed by atoms with van der Waals surface area (Å²) in [6.07, 6.45) is 44.3. The van der Waals surface area contributed by atoms with Gasteiger partial charge in [-0.15, -0.1) is 0 Å². The molecule has 0 saturated heterocycles. The maximum atomic E-state index is 13.0. The third-order valence-corrected chi connectivity index (χ3v) is 16.8. The summed E-state index contributed by atoms with van der Waals surface area (Å²) in [6, 6.07) is 0. The Hall–Kier alpha value is -1.94. The van der Waals surface area contributed by atoms with E-state index in [0.717, 1.165) is 89.9 Å². The van der Waals surface area contributed by atoms with Crippen LogP contribution in [0.4, 0.5) is 0 Å². The summed E-state index contributed by atoms with van der Waals surface area (Å²) in [5.41, 5.74) is 0. The highest BCUT2D eigenvalue weighted by Gasteiger charge is 2.30. The van der Waals surface area contributed by atoms with Crippen LogP contribution in [0.2, 0.25) is 0 Å². The summed E-state index contributed by atoms with van der Waals surface area (Å²) >= 11 is 0. The van der Waals surface area contributed by atoms with Crippen LogP contribution >= 0.6 is 15.6 Å². The number of aliphatic hydroxyl groups is 1. The first-order chi connectivity index (χ1) is 40.2. The molecule has 0 radical (unpaired) electrons. The Labute approximate surface area is 505 Å². The summed E-state index contributed by atoms with van der Waals surface area (Å²) in [4.78, 5) is 72.2. The van der Waals surface area contributed by atoms with Gasteiger partial charge in [-0.1, -0.05) is 278 Å². The third-order valence-electron chi connectivity index (χ3n) is 14.9. The molecule has 0 aromatic carbocycles. The lowest BCUT2D eigenvalue weighted by Gasteiger charge is -2.21. The number of rotatable bonds is 65. The highest BCUT2D eigenvalue weighted by atomic mass is 31.2. The Morgan fingerprint density at radius 1 is 0.289 bits per heavy atom. The van der Waals surface area contributed by atoms with Crippen molar-refractivity contribution in [3.63, 3.8) is 0 Å². The smallest absolute Gasteiger partial charge is 0.462 e. The minimum absolute atomic E-state index is 0.107. The lowest BCUT2D eigenvalue weighted by molar-refractivity contribution is -0.161. The number of phosphoric ester groups is 2. The molecule has 0 bridgehead atoms. The Morgan fingerprint density at radius 3 is 0.711 bits per heavy atom. The van der Waals surface area contributed by atoms with E-state index in [-0.39, 0.29) is 25.7 Å². The first kappa shape index (κ1) is 81.1. The summed E-state index contributed by atoms with van der Waals surface area (Å²) in [5, 5.41) is 10.5. The summed E-state index contributed by atoms with van der Waals surface area (Å²) < 4.78 is 68.0. The number of hydrogen-bond acceptors (Lipinski definition) is 15. The highest BCUT2D eigenvalue weighted by Crippen LogP contribution is 2.45. The zero-order valence-corrected chi connectivity index (χ0v) is 54.9. The summed E-state index contributed by atoms with van der Waals surface area (Å²) in [6.45, 7) is 4.88. The molecule has 83 heavy (non-hydrogen) atoms. The number of hydrogen-bond donors (Lipinski definition) is 3. The lowest BCUT2D eigenvalue weighted by Crippen LogP contribution is -2.30. The second-order valence-corrected chi connectivity index (χ2v) is 26.1. The van der Waals surface area contributed by atoms with Crippen molar-refractivity contribution in [3.05, 3.63) is 0 Å². The lowest BCUT2D eigenvalue weighted by atomic mass is 10.0. The van der Waals surface area contributed by atoms with Crippen LogP contribution in [0.1, 0.15) is 329 Å². The maximum absolute atomic E-state index is 13.0. The predicted molar refractivity (Wildman–Crippen MR) is 331 cm³/mol. The molecule has 0 spiro atoms. The zero-order valence-electron chi connectivity index (χ0n) is 53.2. The molecule has 0 aliphatic carbocycles. The van der Waals surface area contributed by atoms with E-state index < -0.39 is 97.5 Å². The quantitative estimate of drug-likeness (QED) is 0.0222. The second-order valence-electron chi connectivity index (χ2n) is 23.2. The molecule has 0 aliphatic heterocycles. The van der Waals surface area contributed by atoms with Gasteiger partial charge in [0, 0.05) is 25.7 Å². The molecule has 492 valence electrons. The van der Waals surface area contributed by atoms with Crippen molar-refractivity contribution in [2.75, 3.05) is 39.6 Å². The third kappa shape index (κ3) is 58.8. The Morgan fingerprint density at radius 2 is 0.482 bits per heavy atom. The van der Waals surface area contributed by atoms with Crippen molar-refractivity contribution in [1.29, 1.82) is 0 Å². The van der Waals surface area contributed by atoms with E-state index in [1.165, 1.54) is 161 Å². The van der Waals surface area contributed by atoms with Crippen LogP contribution in [0.3, 0.4) is 0 Å². The van der Waals surface area contributed by atoms with Crippen molar-refractivity contribution in [2.24, 2.45) is 0 Å². The minimum atomic E-state index is -4.94. The van der Waals surface area contributed by atoms with Gasteiger partial charge < -0.3 is 33.8 Å². The minimum Gasteiger partial charge on any atom is -0.462 e. The number of carbonyl (C=O) groups is 4. The van der Waals surface area contributed by atoms with Crippen molar-refractivity contribution in [3.8, 4) is 0 Å². The molecule has 0 aliphatic rings. The van der Waals surface area contributed by atoms with E-state index in [0.29, 0.717) is 25.7 Å². The summed E-state index contributed by atoms with van der Waals surface area (Å²) in [5.74, 6) is -2.13. The monoisotopic (exact) mass is 1230 g/mol. The molecule has 0 amide bonds. The Bertz CT molecular complexity index is 1600. The molecular formula is C64H124O17P2. The number of unbranched alkanes of at least 4 members (excludes halogenated alkanes) is 39. The molecule has 19 heteroatoms. The van der Waals surface area contributed by atoms with Crippen molar-refractivity contribution < 1.29 is 80.2 Å². The van der Waals surface area contributed by atoms with Crippen LogP contribution < -0.4 is 0 Å². The molecule has 2 unspecified atom stereocenters. The number of ether oxygens (including phenoxy) is 4. The van der Waals surface area contributed by atoms with Gasteiger partial charge in [-0.2, -0.15) is 0 Å². The van der Waals surface area contributed by atoms with Crippen LogP contribution in [-0.4, -0.2) is 96.7 Å². The molecule has 0 aromatic heterocycles. The van der Waals surface area contributed by atoms with Crippen LogP contribution in [0.25, 0.3) is 0 Å². The average molecular weight is 1230 g/mol. The van der Waals surface area contributed by atoms with E-state index in [2.05, 4.69) is 27.7 Å². The van der Waals surface area contributed by atoms with E-state index in [1.807, 2.05) is 0 Å². The fourth-order valence-corrected chi connectivity index (χ4v) is 11.2. The van der Waals surface area contributed by atoms with E-state index in [9.17, 15) is 43.2 Å². The normalized spacial score (nSPS) is 14.2. The van der Waals surface area contributed by atoms with Crippen LogP contribution in [0.15, 0.2) is 0 Å². The zero-order chi connectivity index (χ0) is 61.2. The Balaban J connectivity index is 5.23. The van der Waals surface area contributed by atoms with Gasteiger partial charge in [-0.05, 0) is 25.7 Å². The van der Waals surface area contributed by atoms with Crippen LogP contribution in [0.5, 0.6) is 0 Å². The largest absolute Gasteiger partial charge is 0.472 e. The van der Waals surface area contributed by atoms with E-state index in [1.54, 1.807) is 0 Å². The molecule has 3 N–H and O–H groups in total. The number of esters is 4. The van der Waals surface area contributed by atoms with Crippen molar-refractivity contribution >= 4 is 39.5 Å². The fraction of sp³-hybridized carbons (Fsp3) is 0.938. The fourth-order valence-electron chi connectivity index (χ4n) is 9.63. The van der Waals surface area contributed by atoms with Gasteiger partial charge in [0.25, 0.3) is 0 Å². The molecule has 0 rings (SSSR count). The molecule has 0 saturated carbocycles. The standard InChI is InChI=1S/C64H124O17P2/c1-5-9-13-17-21-25-28-29-31-35-39-43-47-51-64(69)81-60(55-75-62(67)49-45-41-37-34-30-26-22-18-14-10-6-2)57-79-83(72,73)77-53-58(65)52-76-82(70,71)78-56-59(54-74-61(66)48-44-40-36-32-24-20-16-12-8-4)80-63(68)50-46-42-38-33-27-23-19-15-11-7-3/h58-60,65H,5-57H2,1-4H3,(H,70,71)(H,72,73)/t58-,59+,60+/m0/s1. The van der Waals surface area contributed by atoms with Crippen molar-refractivity contribution in [2.45, 2.75) is 348 Å². The number of phosphoric acid groups is 2. The van der Waals surface area contributed by atoms with Gasteiger partial charge in [0.1, 0.15) is 19.3 Å². The van der Waals surface area contributed by atoms with E-state index >= 15 is 0 Å². The van der Waals surface area contributed by atoms with Crippen LogP contribution in [-0.2, 0) is 65.4 Å². The van der Waals surface area contributed by atoms with Gasteiger partial charge in [-0.3, -0.25) is 37.3 Å². The predicted octanol–water partition coefficient (Wildman–Crippen LogP) is 17.9. The SMILES string of the molecule is CCCCCCCCCCCCCCCC(=O)O[C@H](COC(=O)CCCCCCCCCCCCC)COP(=O)(O)OC[C@@H](O)COP(=O)(O)OC[C@@H](COC(=O)CCCCCCCCCCC)OC(=O)CCCCCCCCCCCC. The van der Waals surface area contributed by atoms with Gasteiger partial charge in [-0.25, -0.2) is 9.13 Å². The number of carbonyl (C=O) groups excluding carboxylic acids is 4. The molecule has 0 fully saturated rings.